The minimum atomic E-state index is -3.96. The molecule has 202 valence electrons. The van der Waals surface area contributed by atoms with Crippen molar-refractivity contribution >= 4 is 50.7 Å². The monoisotopic (exact) mass is 579 g/mol. The number of sulfonamides is 1. The highest BCUT2D eigenvalue weighted by Crippen LogP contribution is 2.29. The Morgan fingerprint density at radius 1 is 0.974 bits per heavy atom. The van der Waals surface area contributed by atoms with Gasteiger partial charge in [0.1, 0.15) is 18.4 Å². The summed E-state index contributed by atoms with van der Waals surface area (Å²) in [6.07, 6.45) is 1.09. The van der Waals surface area contributed by atoms with Crippen molar-refractivity contribution in [1.82, 2.24) is 10.2 Å². The van der Waals surface area contributed by atoms with Gasteiger partial charge >= 0.3 is 0 Å². The number of halogens is 3. The van der Waals surface area contributed by atoms with Crippen LogP contribution in [0.3, 0.4) is 0 Å². The van der Waals surface area contributed by atoms with Crippen molar-refractivity contribution in [1.29, 1.82) is 0 Å². The summed E-state index contributed by atoms with van der Waals surface area (Å²) in [6.45, 7) is 1.16. The summed E-state index contributed by atoms with van der Waals surface area (Å²) in [5.74, 6) is -1.69. The highest BCUT2D eigenvalue weighted by atomic mass is 35.5. The number of amides is 2. The van der Waals surface area contributed by atoms with Crippen LogP contribution in [-0.4, -0.2) is 50.5 Å². The molecule has 0 saturated heterocycles. The van der Waals surface area contributed by atoms with Gasteiger partial charge in [-0.2, -0.15) is 0 Å². The molecule has 3 rings (SSSR count). The minimum Gasteiger partial charge on any atom is -0.355 e. The average molecular weight is 581 g/mol. The lowest BCUT2D eigenvalue weighted by atomic mass is 10.0. The van der Waals surface area contributed by atoms with E-state index >= 15 is 0 Å². The van der Waals surface area contributed by atoms with Gasteiger partial charge in [0.2, 0.25) is 21.8 Å². The third-order valence-corrected chi connectivity index (χ3v) is 7.67. The smallest absolute Gasteiger partial charge is 0.244 e. The normalized spacial score (nSPS) is 12.0. The van der Waals surface area contributed by atoms with Crippen LogP contribution in [0, 0.1) is 5.82 Å². The molecule has 3 aromatic rings. The largest absolute Gasteiger partial charge is 0.355 e. The third kappa shape index (κ3) is 7.69. The van der Waals surface area contributed by atoms with Crippen LogP contribution in [0.5, 0.6) is 0 Å². The van der Waals surface area contributed by atoms with Crippen LogP contribution in [0.4, 0.5) is 10.1 Å². The second-order valence-electron chi connectivity index (χ2n) is 8.58. The molecule has 3 aromatic carbocycles. The molecule has 11 heteroatoms. The van der Waals surface area contributed by atoms with Gasteiger partial charge in [-0.15, -0.1) is 0 Å². The molecule has 0 heterocycles. The van der Waals surface area contributed by atoms with Crippen molar-refractivity contribution in [3.63, 3.8) is 0 Å². The topological polar surface area (TPSA) is 86.8 Å². The maximum absolute atomic E-state index is 14.7. The number of nitrogens with one attached hydrogen (secondary N) is 1. The van der Waals surface area contributed by atoms with Gasteiger partial charge < -0.3 is 10.2 Å². The molecule has 1 N–H and O–H groups in total. The number of hydrogen-bond donors (Lipinski definition) is 1. The van der Waals surface area contributed by atoms with Crippen molar-refractivity contribution in [2.24, 2.45) is 0 Å². The maximum Gasteiger partial charge on any atom is 0.244 e. The SMILES string of the molecule is CCNC(=O)[C@@H](Cc1ccccc1)N(Cc1ccccc1F)C(=O)CN(c1ccc(Cl)c(Cl)c1)S(C)(=O)=O. The van der Waals surface area contributed by atoms with E-state index in [0.717, 1.165) is 16.1 Å². The van der Waals surface area contributed by atoms with Crippen molar-refractivity contribution < 1.29 is 22.4 Å². The highest BCUT2D eigenvalue weighted by molar-refractivity contribution is 7.92. The third-order valence-electron chi connectivity index (χ3n) is 5.79. The van der Waals surface area contributed by atoms with Gasteiger partial charge in [0.25, 0.3) is 0 Å². The molecule has 1 atom stereocenters. The Labute approximate surface area is 232 Å². The van der Waals surface area contributed by atoms with Crippen LogP contribution in [0.2, 0.25) is 10.0 Å². The number of anilines is 1. The van der Waals surface area contributed by atoms with Crippen molar-refractivity contribution in [2.75, 3.05) is 23.7 Å². The molecule has 0 aliphatic heterocycles. The quantitative estimate of drug-likeness (QED) is 0.357. The fourth-order valence-electron chi connectivity index (χ4n) is 3.91. The van der Waals surface area contributed by atoms with Gasteiger partial charge in [-0.3, -0.25) is 13.9 Å². The van der Waals surface area contributed by atoms with E-state index in [1.54, 1.807) is 13.0 Å². The Kier molecular flexibility index (Phi) is 10.1. The Morgan fingerprint density at radius 2 is 1.63 bits per heavy atom. The molecule has 7 nitrogen and oxygen atoms in total. The lowest BCUT2D eigenvalue weighted by molar-refractivity contribution is -0.140. The van der Waals surface area contributed by atoms with E-state index in [2.05, 4.69) is 5.32 Å². The zero-order valence-corrected chi connectivity index (χ0v) is 23.2. The number of hydrogen-bond acceptors (Lipinski definition) is 4. The lowest BCUT2D eigenvalue weighted by Gasteiger charge is -2.33. The Morgan fingerprint density at radius 3 is 2.24 bits per heavy atom. The number of likely N-dealkylation sites (N-methyl/N-ethyl adjacent to an activating group) is 1. The fraction of sp³-hybridized carbons (Fsp3) is 0.259. The van der Waals surface area contributed by atoms with Crippen LogP contribution in [0.25, 0.3) is 0 Å². The molecule has 0 radical (unpaired) electrons. The first-order valence-corrected chi connectivity index (χ1v) is 14.4. The minimum absolute atomic E-state index is 0.109. The van der Waals surface area contributed by atoms with Crippen molar-refractivity contribution in [2.45, 2.75) is 25.9 Å². The predicted molar refractivity (Wildman–Crippen MR) is 148 cm³/mol. The van der Waals surface area contributed by atoms with Crippen LogP contribution >= 0.6 is 23.2 Å². The maximum atomic E-state index is 14.7. The summed E-state index contributed by atoms with van der Waals surface area (Å²) >= 11 is 12.1. The van der Waals surface area contributed by atoms with E-state index in [0.29, 0.717) is 6.54 Å². The zero-order chi connectivity index (χ0) is 27.9. The summed E-state index contributed by atoms with van der Waals surface area (Å²) in [5, 5.41) is 3.07. The van der Waals surface area contributed by atoms with Gasteiger partial charge in [-0.25, -0.2) is 12.8 Å². The van der Waals surface area contributed by atoms with Crippen LogP contribution < -0.4 is 9.62 Å². The molecular weight excluding hydrogens is 552 g/mol. The summed E-state index contributed by atoms with van der Waals surface area (Å²) in [5.41, 5.74) is 1.09. The fourth-order valence-corrected chi connectivity index (χ4v) is 5.04. The van der Waals surface area contributed by atoms with E-state index in [4.69, 9.17) is 23.2 Å². The Balaban J connectivity index is 2.06. The van der Waals surface area contributed by atoms with E-state index in [-0.39, 0.29) is 34.3 Å². The molecule has 2 amide bonds. The molecule has 0 aromatic heterocycles. The van der Waals surface area contributed by atoms with Gasteiger partial charge in [-0.05, 0) is 36.8 Å². The Hall–Kier alpha value is -3.14. The number of carbonyl (C=O) groups excluding carboxylic acids is 2. The van der Waals surface area contributed by atoms with Crippen LogP contribution in [-0.2, 0) is 32.6 Å². The zero-order valence-electron chi connectivity index (χ0n) is 20.9. The predicted octanol–water partition coefficient (Wildman–Crippen LogP) is 4.67. The van der Waals surface area contributed by atoms with Gasteiger partial charge in [0.05, 0.1) is 22.0 Å². The summed E-state index contributed by atoms with van der Waals surface area (Å²) < 4.78 is 41.0. The highest BCUT2D eigenvalue weighted by Gasteiger charge is 2.33. The average Bonchev–Trinajstić information content (AvgIpc) is 2.87. The summed E-state index contributed by atoms with van der Waals surface area (Å²) in [4.78, 5) is 28.3. The van der Waals surface area contributed by atoms with Gasteiger partial charge in [0, 0.05) is 25.1 Å². The molecule has 0 saturated carbocycles. The Bertz CT molecular complexity index is 1390. The van der Waals surface area contributed by atoms with Crippen LogP contribution in [0.15, 0.2) is 72.8 Å². The molecular formula is C27H28Cl2FN3O4S. The molecule has 0 spiro atoms. The van der Waals surface area contributed by atoms with E-state index in [1.807, 2.05) is 30.3 Å². The van der Waals surface area contributed by atoms with E-state index in [1.165, 1.54) is 41.3 Å². The van der Waals surface area contributed by atoms with E-state index in [9.17, 15) is 22.4 Å². The number of nitrogens with zero attached hydrogens (tertiary/aromatic N) is 2. The molecule has 0 aliphatic carbocycles. The lowest BCUT2D eigenvalue weighted by Crippen LogP contribution is -2.53. The number of rotatable bonds is 11. The molecule has 0 unspecified atom stereocenters. The van der Waals surface area contributed by atoms with Crippen molar-refractivity contribution in [3.05, 3.63) is 99.8 Å². The van der Waals surface area contributed by atoms with Gasteiger partial charge in [-0.1, -0.05) is 71.7 Å². The summed E-state index contributed by atoms with van der Waals surface area (Å²) in [6, 6.07) is 18.1. The molecule has 38 heavy (non-hydrogen) atoms. The first-order chi connectivity index (χ1) is 18.0. The van der Waals surface area contributed by atoms with E-state index < -0.39 is 40.2 Å². The number of benzene rings is 3. The molecule has 0 bridgehead atoms. The molecule has 0 aliphatic rings. The second kappa shape index (κ2) is 13.1. The standard InChI is InChI=1S/C27H28Cl2FN3O4S/c1-3-31-27(35)25(15-19-9-5-4-6-10-19)32(17-20-11-7-8-12-24(20)30)26(34)18-33(38(2,36)37)21-13-14-22(28)23(29)16-21/h4-14,16,25H,3,15,17-18H2,1-2H3,(H,31,35)/t25-/m1/s1. The van der Waals surface area contributed by atoms with Gasteiger partial charge in [0.15, 0.2) is 0 Å². The van der Waals surface area contributed by atoms with Crippen LogP contribution in [0.1, 0.15) is 18.1 Å². The second-order valence-corrected chi connectivity index (χ2v) is 11.3. The van der Waals surface area contributed by atoms with Crippen molar-refractivity contribution in [3.8, 4) is 0 Å². The first-order valence-electron chi connectivity index (χ1n) is 11.8. The molecule has 0 fully saturated rings. The first kappa shape index (κ1) is 29.4. The number of carbonyl (C=O) groups is 2. The summed E-state index contributed by atoms with van der Waals surface area (Å²) in [7, 11) is -3.96.